The molecule has 1 N–H and O–H groups in total. The second kappa shape index (κ2) is 7.33. The molecule has 0 amide bonds. The van der Waals surface area contributed by atoms with E-state index in [1.807, 2.05) is 13.8 Å². The lowest BCUT2D eigenvalue weighted by Gasteiger charge is -2.19. The molecule has 0 bridgehead atoms. The van der Waals surface area contributed by atoms with Crippen molar-refractivity contribution in [2.75, 3.05) is 19.7 Å². The van der Waals surface area contributed by atoms with Crippen LogP contribution in [-0.2, 0) is 16.1 Å². The molecule has 0 radical (unpaired) electrons. The van der Waals surface area contributed by atoms with Gasteiger partial charge < -0.3 is 9.72 Å². The van der Waals surface area contributed by atoms with Crippen LogP contribution in [0.25, 0.3) is 0 Å². The Labute approximate surface area is 111 Å². The number of ether oxygens (including phenoxy) is 1. The summed E-state index contributed by atoms with van der Waals surface area (Å²) in [6.45, 7) is 8.35. The smallest absolute Gasteiger partial charge is 0.307 e. The lowest BCUT2D eigenvalue weighted by atomic mass is 10.3. The van der Waals surface area contributed by atoms with Crippen molar-refractivity contribution >= 4 is 17.3 Å². The third kappa shape index (κ3) is 4.62. The summed E-state index contributed by atoms with van der Waals surface area (Å²) in [5.41, 5.74) is 0.916. The quantitative estimate of drug-likeness (QED) is 0.764. The minimum atomic E-state index is -0.171. The van der Waals surface area contributed by atoms with Crippen LogP contribution >= 0.6 is 11.3 Å². The van der Waals surface area contributed by atoms with Crippen LogP contribution < -0.4 is 4.87 Å². The Morgan fingerprint density at radius 2 is 2.17 bits per heavy atom. The highest BCUT2D eigenvalue weighted by atomic mass is 32.1. The molecule has 0 unspecified atom stereocenters. The van der Waals surface area contributed by atoms with E-state index < -0.39 is 0 Å². The van der Waals surface area contributed by atoms with E-state index in [1.54, 1.807) is 6.92 Å². The van der Waals surface area contributed by atoms with Crippen LogP contribution in [0.5, 0.6) is 0 Å². The fourth-order valence-corrected chi connectivity index (χ4v) is 2.50. The summed E-state index contributed by atoms with van der Waals surface area (Å²) in [6, 6.07) is 0. The number of H-pyrrole nitrogens is 1. The van der Waals surface area contributed by atoms with Gasteiger partial charge in [-0.1, -0.05) is 18.3 Å². The molecule has 0 aliphatic carbocycles. The lowest BCUT2D eigenvalue weighted by Crippen LogP contribution is -2.26. The number of hydrogen-bond acceptors (Lipinski definition) is 5. The van der Waals surface area contributed by atoms with Crippen LogP contribution in [-0.4, -0.2) is 35.5 Å². The van der Waals surface area contributed by atoms with Crippen molar-refractivity contribution in [2.45, 2.75) is 33.7 Å². The first-order valence-electron chi connectivity index (χ1n) is 6.13. The Bertz CT molecular complexity index is 439. The zero-order valence-corrected chi connectivity index (χ0v) is 11.9. The average molecular weight is 272 g/mol. The van der Waals surface area contributed by atoms with Gasteiger partial charge in [-0.2, -0.15) is 0 Å². The van der Waals surface area contributed by atoms with Gasteiger partial charge in [-0.05, 0) is 20.4 Å². The number of hydrogen-bond donors (Lipinski definition) is 1. The zero-order valence-electron chi connectivity index (χ0n) is 11.1. The zero-order chi connectivity index (χ0) is 13.5. The van der Waals surface area contributed by atoms with Crippen molar-refractivity contribution in [3.63, 3.8) is 0 Å². The third-order valence-corrected chi connectivity index (χ3v) is 3.64. The summed E-state index contributed by atoms with van der Waals surface area (Å²) >= 11 is 1.23. The summed E-state index contributed by atoms with van der Waals surface area (Å²) in [5.74, 6) is -0.171. The van der Waals surface area contributed by atoms with Gasteiger partial charge in [0.15, 0.2) is 0 Å². The molecule has 18 heavy (non-hydrogen) atoms. The Balaban J connectivity index is 2.49. The second-order valence-electron chi connectivity index (χ2n) is 3.99. The van der Waals surface area contributed by atoms with Crippen molar-refractivity contribution in [1.82, 2.24) is 9.88 Å². The van der Waals surface area contributed by atoms with Gasteiger partial charge >= 0.3 is 10.8 Å². The molecule has 0 aromatic carbocycles. The second-order valence-corrected chi connectivity index (χ2v) is 5.05. The highest BCUT2D eigenvalue weighted by Gasteiger charge is 2.11. The minimum Gasteiger partial charge on any atom is -0.466 e. The molecular formula is C12H20N2O3S. The van der Waals surface area contributed by atoms with E-state index in [0.717, 1.165) is 17.1 Å². The van der Waals surface area contributed by atoms with Crippen LogP contribution in [0, 0.1) is 6.92 Å². The first kappa shape index (κ1) is 14.9. The van der Waals surface area contributed by atoms with Gasteiger partial charge in [0.05, 0.1) is 13.0 Å². The molecule has 1 aromatic rings. The van der Waals surface area contributed by atoms with E-state index in [-0.39, 0.29) is 10.8 Å². The van der Waals surface area contributed by atoms with Crippen LogP contribution in [0.15, 0.2) is 4.79 Å². The SMILES string of the molecule is CCOC(=O)CCN(CC)Cc1sc(=O)[nH]c1C. The molecule has 0 saturated carbocycles. The highest BCUT2D eigenvalue weighted by Crippen LogP contribution is 2.11. The number of aromatic nitrogens is 1. The van der Waals surface area contributed by atoms with Crippen LogP contribution in [0.1, 0.15) is 30.8 Å². The van der Waals surface area contributed by atoms with E-state index >= 15 is 0 Å². The maximum absolute atomic E-state index is 11.3. The molecule has 5 nitrogen and oxygen atoms in total. The van der Waals surface area contributed by atoms with Gasteiger partial charge in [0.2, 0.25) is 0 Å². The van der Waals surface area contributed by atoms with Crippen molar-refractivity contribution in [2.24, 2.45) is 0 Å². The molecule has 0 atom stereocenters. The number of thiazole rings is 1. The maximum Gasteiger partial charge on any atom is 0.307 e. The van der Waals surface area contributed by atoms with Crippen molar-refractivity contribution in [1.29, 1.82) is 0 Å². The number of nitrogens with zero attached hydrogens (tertiary/aromatic N) is 1. The predicted molar refractivity (Wildman–Crippen MR) is 71.9 cm³/mol. The molecule has 102 valence electrons. The first-order chi connectivity index (χ1) is 8.56. The highest BCUT2D eigenvalue weighted by molar-refractivity contribution is 7.09. The van der Waals surface area contributed by atoms with Gasteiger partial charge in [-0.25, -0.2) is 0 Å². The predicted octanol–water partition coefficient (Wildman–Crippen LogP) is 1.52. The molecule has 1 heterocycles. The van der Waals surface area contributed by atoms with E-state index in [1.165, 1.54) is 11.3 Å². The molecule has 0 saturated heterocycles. The summed E-state index contributed by atoms with van der Waals surface area (Å²) in [6.07, 6.45) is 0.389. The fraction of sp³-hybridized carbons (Fsp3) is 0.667. The molecular weight excluding hydrogens is 252 g/mol. The van der Waals surface area contributed by atoms with Gasteiger partial charge in [0, 0.05) is 23.7 Å². The lowest BCUT2D eigenvalue weighted by molar-refractivity contribution is -0.143. The molecule has 0 spiro atoms. The van der Waals surface area contributed by atoms with Crippen LogP contribution in [0.3, 0.4) is 0 Å². The first-order valence-corrected chi connectivity index (χ1v) is 6.95. The van der Waals surface area contributed by atoms with E-state index in [2.05, 4.69) is 9.88 Å². The monoisotopic (exact) mass is 272 g/mol. The molecule has 1 rings (SSSR count). The number of carbonyl (C=O) groups excluding carboxylic acids is 1. The van der Waals surface area contributed by atoms with E-state index in [9.17, 15) is 9.59 Å². The Morgan fingerprint density at radius 3 is 2.67 bits per heavy atom. The largest absolute Gasteiger partial charge is 0.466 e. The summed E-state index contributed by atoms with van der Waals surface area (Å²) in [7, 11) is 0. The number of esters is 1. The van der Waals surface area contributed by atoms with E-state index in [4.69, 9.17) is 4.74 Å². The molecule has 0 fully saturated rings. The number of aryl methyl sites for hydroxylation is 1. The van der Waals surface area contributed by atoms with Crippen molar-refractivity contribution in [3.05, 3.63) is 20.2 Å². The van der Waals surface area contributed by atoms with Gasteiger partial charge in [-0.15, -0.1) is 0 Å². The number of rotatable bonds is 7. The molecule has 0 aliphatic rings. The van der Waals surface area contributed by atoms with Gasteiger partial charge in [-0.3, -0.25) is 14.5 Å². The van der Waals surface area contributed by atoms with E-state index in [0.29, 0.717) is 26.1 Å². The number of aromatic amines is 1. The Morgan fingerprint density at radius 1 is 1.44 bits per heavy atom. The normalized spacial score (nSPS) is 10.9. The summed E-state index contributed by atoms with van der Waals surface area (Å²) in [5, 5.41) is 0. The maximum atomic E-state index is 11.3. The summed E-state index contributed by atoms with van der Waals surface area (Å²) in [4.78, 5) is 28.4. The Hall–Kier alpha value is -1.14. The van der Waals surface area contributed by atoms with Crippen molar-refractivity contribution in [3.8, 4) is 0 Å². The van der Waals surface area contributed by atoms with Crippen LogP contribution in [0.2, 0.25) is 0 Å². The number of carbonyl (C=O) groups is 1. The topological polar surface area (TPSA) is 62.4 Å². The van der Waals surface area contributed by atoms with Crippen molar-refractivity contribution < 1.29 is 9.53 Å². The molecule has 6 heteroatoms. The minimum absolute atomic E-state index is 0.0241. The molecule has 1 aromatic heterocycles. The Kier molecular flexibility index (Phi) is 6.07. The third-order valence-electron chi connectivity index (χ3n) is 2.68. The standard InChI is InChI=1S/C12H20N2O3S/c1-4-14(7-6-11(15)17-5-2)8-10-9(3)13-12(16)18-10/h4-8H2,1-3H3,(H,13,16). The molecule has 0 aliphatic heterocycles. The number of nitrogens with one attached hydrogen (secondary N) is 1. The average Bonchev–Trinajstić information content (AvgIpc) is 2.63. The van der Waals surface area contributed by atoms with Crippen LogP contribution in [0.4, 0.5) is 0 Å². The fourth-order valence-electron chi connectivity index (χ4n) is 1.62. The van der Waals surface area contributed by atoms with Gasteiger partial charge in [0.25, 0.3) is 0 Å². The summed E-state index contributed by atoms with van der Waals surface area (Å²) < 4.78 is 4.90. The van der Waals surface area contributed by atoms with Gasteiger partial charge in [0.1, 0.15) is 0 Å².